The van der Waals surface area contributed by atoms with Crippen molar-refractivity contribution in [2.45, 2.75) is 32.2 Å². The number of nitrogens with zero attached hydrogens (tertiary/aromatic N) is 3. The fourth-order valence-electron chi connectivity index (χ4n) is 2.92. The van der Waals surface area contributed by atoms with E-state index in [0.29, 0.717) is 12.5 Å². The molecule has 0 saturated carbocycles. The first-order valence-electron chi connectivity index (χ1n) is 8.13. The standard InChI is InChI=1S/C18H22N4O/c1-2-6-15-10-19-18(20-11-15)22-12-16(21-17(23)13-22)9-14-7-4-3-5-8-14/h3-5,7-8,10-11,16H,2,6,9,12-13H2,1H3,(H,21,23)/t16-/m0/s1. The molecule has 0 aliphatic carbocycles. The van der Waals surface area contributed by atoms with Gasteiger partial charge in [-0.2, -0.15) is 0 Å². The number of hydrogen-bond donors (Lipinski definition) is 1. The average molecular weight is 310 g/mol. The maximum absolute atomic E-state index is 12.0. The number of aromatic nitrogens is 2. The van der Waals surface area contributed by atoms with Gasteiger partial charge in [0.25, 0.3) is 0 Å². The number of amides is 1. The van der Waals surface area contributed by atoms with Crippen molar-refractivity contribution in [1.82, 2.24) is 15.3 Å². The number of nitrogens with one attached hydrogen (secondary N) is 1. The van der Waals surface area contributed by atoms with Crippen LogP contribution in [0.15, 0.2) is 42.7 Å². The van der Waals surface area contributed by atoms with E-state index in [9.17, 15) is 4.79 Å². The summed E-state index contributed by atoms with van der Waals surface area (Å²) in [5.41, 5.74) is 2.36. The molecule has 1 aliphatic heterocycles. The molecule has 1 amide bonds. The van der Waals surface area contributed by atoms with Crippen LogP contribution < -0.4 is 10.2 Å². The molecule has 0 bridgehead atoms. The van der Waals surface area contributed by atoms with Gasteiger partial charge in [-0.25, -0.2) is 9.97 Å². The molecule has 2 heterocycles. The third-order valence-electron chi connectivity index (χ3n) is 3.98. The number of aryl methyl sites for hydroxylation is 1. The minimum atomic E-state index is 0.0263. The summed E-state index contributed by atoms with van der Waals surface area (Å²) in [5, 5.41) is 3.06. The third-order valence-corrected chi connectivity index (χ3v) is 3.98. The summed E-state index contributed by atoms with van der Waals surface area (Å²) >= 11 is 0. The second-order valence-electron chi connectivity index (χ2n) is 5.98. The Morgan fingerprint density at radius 3 is 2.61 bits per heavy atom. The summed E-state index contributed by atoms with van der Waals surface area (Å²) in [7, 11) is 0. The van der Waals surface area contributed by atoms with Crippen LogP contribution in [0.1, 0.15) is 24.5 Å². The van der Waals surface area contributed by atoms with Crippen molar-refractivity contribution in [2.24, 2.45) is 0 Å². The van der Waals surface area contributed by atoms with Crippen molar-refractivity contribution < 1.29 is 4.79 Å². The lowest BCUT2D eigenvalue weighted by Crippen LogP contribution is -2.55. The van der Waals surface area contributed by atoms with E-state index < -0.39 is 0 Å². The third kappa shape index (κ3) is 4.06. The molecule has 2 aromatic rings. The van der Waals surface area contributed by atoms with Gasteiger partial charge < -0.3 is 10.2 Å². The lowest BCUT2D eigenvalue weighted by Gasteiger charge is -2.33. The lowest BCUT2D eigenvalue weighted by atomic mass is 10.0. The van der Waals surface area contributed by atoms with Crippen molar-refractivity contribution in [3.63, 3.8) is 0 Å². The smallest absolute Gasteiger partial charge is 0.239 e. The van der Waals surface area contributed by atoms with Crippen LogP contribution >= 0.6 is 0 Å². The fourth-order valence-corrected chi connectivity index (χ4v) is 2.92. The summed E-state index contributed by atoms with van der Waals surface area (Å²) in [6, 6.07) is 10.3. The van der Waals surface area contributed by atoms with E-state index in [1.807, 2.05) is 35.5 Å². The van der Waals surface area contributed by atoms with E-state index >= 15 is 0 Å². The highest BCUT2D eigenvalue weighted by molar-refractivity contribution is 5.82. The van der Waals surface area contributed by atoms with Crippen LogP contribution in [-0.4, -0.2) is 35.0 Å². The zero-order chi connectivity index (χ0) is 16.1. The van der Waals surface area contributed by atoms with Gasteiger partial charge in [-0.3, -0.25) is 4.79 Å². The summed E-state index contributed by atoms with van der Waals surface area (Å²) in [6.07, 6.45) is 6.61. The molecule has 1 fully saturated rings. The molecule has 3 rings (SSSR count). The van der Waals surface area contributed by atoms with Crippen LogP contribution in [0, 0.1) is 0 Å². The summed E-state index contributed by atoms with van der Waals surface area (Å²) < 4.78 is 0. The maximum Gasteiger partial charge on any atom is 0.239 e. The van der Waals surface area contributed by atoms with Gasteiger partial charge in [0.05, 0.1) is 12.6 Å². The van der Waals surface area contributed by atoms with Crippen molar-refractivity contribution in [3.05, 3.63) is 53.9 Å². The number of carbonyl (C=O) groups excluding carboxylic acids is 1. The highest BCUT2D eigenvalue weighted by Gasteiger charge is 2.26. The maximum atomic E-state index is 12.0. The van der Waals surface area contributed by atoms with Gasteiger partial charge in [0, 0.05) is 18.9 Å². The van der Waals surface area contributed by atoms with Crippen molar-refractivity contribution in [1.29, 1.82) is 0 Å². The SMILES string of the molecule is CCCc1cnc(N2CC(=O)N[C@@H](Cc3ccccc3)C2)nc1. The number of anilines is 1. The fraction of sp³-hybridized carbons (Fsp3) is 0.389. The minimum absolute atomic E-state index is 0.0263. The van der Waals surface area contributed by atoms with Crippen LogP contribution in [0.4, 0.5) is 5.95 Å². The molecule has 1 saturated heterocycles. The summed E-state index contributed by atoms with van der Waals surface area (Å²) in [5.74, 6) is 0.663. The first kappa shape index (κ1) is 15.5. The van der Waals surface area contributed by atoms with Gasteiger partial charge in [0.2, 0.25) is 11.9 Å². The molecule has 5 heteroatoms. The summed E-state index contributed by atoms with van der Waals surface area (Å²) in [6.45, 7) is 3.18. The first-order chi connectivity index (χ1) is 11.2. The van der Waals surface area contributed by atoms with Crippen LogP contribution in [-0.2, 0) is 17.6 Å². The molecule has 0 radical (unpaired) electrons. The Labute approximate surface area is 136 Å². The normalized spacial score (nSPS) is 17.9. The van der Waals surface area contributed by atoms with Gasteiger partial charge in [0.1, 0.15) is 0 Å². The lowest BCUT2D eigenvalue weighted by molar-refractivity contribution is -0.121. The molecule has 1 N–H and O–H groups in total. The first-order valence-corrected chi connectivity index (χ1v) is 8.13. The predicted octanol–water partition coefficient (Wildman–Crippen LogP) is 1.98. The Morgan fingerprint density at radius 1 is 1.17 bits per heavy atom. The van der Waals surface area contributed by atoms with E-state index in [1.54, 1.807) is 0 Å². The Bertz CT molecular complexity index is 642. The molecule has 0 unspecified atom stereocenters. The van der Waals surface area contributed by atoms with E-state index in [4.69, 9.17) is 0 Å². The molecule has 1 aliphatic rings. The van der Waals surface area contributed by atoms with Gasteiger partial charge in [-0.05, 0) is 24.0 Å². The zero-order valence-corrected chi connectivity index (χ0v) is 13.4. The van der Waals surface area contributed by atoms with Crippen molar-refractivity contribution >= 4 is 11.9 Å². The average Bonchev–Trinajstić information content (AvgIpc) is 2.56. The topological polar surface area (TPSA) is 58.1 Å². The number of rotatable bonds is 5. The molecule has 120 valence electrons. The second-order valence-corrected chi connectivity index (χ2v) is 5.98. The van der Waals surface area contributed by atoms with Gasteiger partial charge in [-0.15, -0.1) is 0 Å². The number of piperazine rings is 1. The second kappa shape index (κ2) is 7.22. The zero-order valence-electron chi connectivity index (χ0n) is 13.4. The molecule has 1 aromatic carbocycles. The highest BCUT2D eigenvalue weighted by Crippen LogP contribution is 2.14. The van der Waals surface area contributed by atoms with Crippen molar-refractivity contribution in [2.75, 3.05) is 18.0 Å². The van der Waals surface area contributed by atoms with Crippen LogP contribution in [0.5, 0.6) is 0 Å². The number of benzene rings is 1. The largest absolute Gasteiger partial charge is 0.350 e. The van der Waals surface area contributed by atoms with Crippen LogP contribution in [0.2, 0.25) is 0 Å². The Morgan fingerprint density at radius 2 is 1.91 bits per heavy atom. The quantitative estimate of drug-likeness (QED) is 0.917. The van der Waals surface area contributed by atoms with Crippen LogP contribution in [0.3, 0.4) is 0 Å². The molecule has 5 nitrogen and oxygen atoms in total. The monoisotopic (exact) mass is 310 g/mol. The Kier molecular flexibility index (Phi) is 4.86. The predicted molar refractivity (Wildman–Crippen MR) is 90.3 cm³/mol. The Balaban J connectivity index is 1.68. The highest BCUT2D eigenvalue weighted by atomic mass is 16.2. The number of carbonyl (C=O) groups is 1. The number of hydrogen-bond acceptors (Lipinski definition) is 4. The van der Waals surface area contributed by atoms with Gasteiger partial charge in [0.15, 0.2) is 0 Å². The molecular weight excluding hydrogens is 288 g/mol. The molecule has 0 spiro atoms. The van der Waals surface area contributed by atoms with Gasteiger partial charge in [-0.1, -0.05) is 43.7 Å². The molecule has 23 heavy (non-hydrogen) atoms. The minimum Gasteiger partial charge on any atom is -0.350 e. The molecule has 1 aromatic heterocycles. The molecular formula is C18H22N4O. The van der Waals surface area contributed by atoms with Gasteiger partial charge >= 0.3 is 0 Å². The molecule has 1 atom stereocenters. The van der Waals surface area contributed by atoms with Crippen molar-refractivity contribution in [3.8, 4) is 0 Å². The van der Waals surface area contributed by atoms with E-state index in [-0.39, 0.29) is 11.9 Å². The van der Waals surface area contributed by atoms with E-state index in [1.165, 1.54) is 5.56 Å². The van der Waals surface area contributed by atoms with E-state index in [2.05, 4.69) is 34.3 Å². The summed E-state index contributed by atoms with van der Waals surface area (Å²) in [4.78, 5) is 22.8. The van der Waals surface area contributed by atoms with E-state index in [0.717, 1.165) is 31.4 Å². The Hall–Kier alpha value is -2.43. The van der Waals surface area contributed by atoms with Crippen LogP contribution in [0.25, 0.3) is 0 Å².